The number of hydrogen-bond donors (Lipinski definition) is 0. The first-order valence-electron chi connectivity index (χ1n) is 3.92. The molecule has 0 aliphatic rings. The fourth-order valence-electron chi connectivity index (χ4n) is 0.879. The molecule has 0 bridgehead atoms. The summed E-state index contributed by atoms with van der Waals surface area (Å²) in [6, 6.07) is 0. The molecule has 0 saturated carbocycles. The molecule has 2 nitrogen and oxygen atoms in total. The predicted octanol–water partition coefficient (Wildman–Crippen LogP) is 3.06. The first-order chi connectivity index (χ1) is 6.28. The Morgan fingerprint density at radius 2 is 2.08 bits per heavy atom. The zero-order valence-corrected chi connectivity index (χ0v) is 10.2. The lowest BCUT2D eigenvalue weighted by Crippen LogP contribution is -2.13. The van der Waals surface area contributed by atoms with Crippen molar-refractivity contribution in [1.29, 1.82) is 0 Å². The second kappa shape index (κ2) is 8.47. The standard InChI is InChI=1S/C10H15IO2/c1-4-5-9(6-7-11)8-10(12-2)13-3/h4-7,10H,1,8H2,2-3H3/b7-6-,9-5+. The third kappa shape index (κ3) is 6.01. The van der Waals surface area contributed by atoms with Crippen LogP contribution in [0.25, 0.3) is 0 Å². The van der Waals surface area contributed by atoms with Crippen LogP contribution in [-0.2, 0) is 9.47 Å². The molecule has 0 saturated heterocycles. The zero-order valence-electron chi connectivity index (χ0n) is 8.00. The van der Waals surface area contributed by atoms with Crippen molar-refractivity contribution in [3.05, 3.63) is 34.5 Å². The summed E-state index contributed by atoms with van der Waals surface area (Å²) in [4.78, 5) is 0. The van der Waals surface area contributed by atoms with E-state index in [-0.39, 0.29) is 6.29 Å². The molecule has 0 aromatic heterocycles. The van der Waals surface area contributed by atoms with Gasteiger partial charge in [0.05, 0.1) is 0 Å². The van der Waals surface area contributed by atoms with Crippen LogP contribution in [0.3, 0.4) is 0 Å². The van der Waals surface area contributed by atoms with E-state index in [1.807, 2.05) is 16.2 Å². The van der Waals surface area contributed by atoms with Gasteiger partial charge < -0.3 is 9.47 Å². The molecule has 0 rings (SSSR count). The van der Waals surface area contributed by atoms with Crippen molar-refractivity contribution in [3.8, 4) is 0 Å². The maximum atomic E-state index is 5.09. The van der Waals surface area contributed by atoms with Crippen LogP contribution in [0.5, 0.6) is 0 Å². The van der Waals surface area contributed by atoms with Crippen molar-refractivity contribution in [2.45, 2.75) is 12.7 Å². The fraction of sp³-hybridized carbons (Fsp3) is 0.400. The molecule has 0 heterocycles. The van der Waals surface area contributed by atoms with Crippen molar-refractivity contribution in [2.24, 2.45) is 0 Å². The Labute approximate surface area is 93.4 Å². The van der Waals surface area contributed by atoms with E-state index in [2.05, 4.69) is 29.2 Å². The first kappa shape index (κ1) is 12.9. The van der Waals surface area contributed by atoms with Crippen LogP contribution in [0.2, 0.25) is 0 Å². The molecule has 0 fully saturated rings. The molecule has 0 radical (unpaired) electrons. The average molecular weight is 294 g/mol. The van der Waals surface area contributed by atoms with E-state index in [1.165, 1.54) is 0 Å². The molecule has 0 unspecified atom stereocenters. The molecule has 0 aliphatic heterocycles. The molecule has 3 heteroatoms. The van der Waals surface area contributed by atoms with Crippen LogP contribution in [0, 0.1) is 0 Å². The topological polar surface area (TPSA) is 18.5 Å². The van der Waals surface area contributed by atoms with Gasteiger partial charge in [0.25, 0.3) is 0 Å². The van der Waals surface area contributed by atoms with E-state index in [9.17, 15) is 0 Å². The third-order valence-corrected chi connectivity index (χ3v) is 1.90. The van der Waals surface area contributed by atoms with E-state index in [0.29, 0.717) is 0 Å². The van der Waals surface area contributed by atoms with Crippen LogP contribution >= 0.6 is 22.6 Å². The Morgan fingerprint density at radius 1 is 1.46 bits per heavy atom. The first-order valence-corrected chi connectivity index (χ1v) is 5.17. The molecule has 74 valence electrons. The zero-order chi connectivity index (χ0) is 10.1. The van der Waals surface area contributed by atoms with Crippen molar-refractivity contribution < 1.29 is 9.47 Å². The lowest BCUT2D eigenvalue weighted by atomic mass is 10.1. The van der Waals surface area contributed by atoms with Gasteiger partial charge in [-0.2, -0.15) is 0 Å². The molecule has 0 atom stereocenters. The maximum Gasteiger partial charge on any atom is 0.160 e. The van der Waals surface area contributed by atoms with Crippen molar-refractivity contribution >= 4 is 22.6 Å². The number of ether oxygens (including phenoxy) is 2. The van der Waals surface area contributed by atoms with Crippen LogP contribution in [0.15, 0.2) is 34.5 Å². The quantitative estimate of drug-likeness (QED) is 0.426. The Morgan fingerprint density at radius 3 is 2.46 bits per heavy atom. The fourth-order valence-corrected chi connectivity index (χ4v) is 1.34. The molecule has 0 aromatic carbocycles. The molecular formula is C10H15IO2. The molecule has 13 heavy (non-hydrogen) atoms. The van der Waals surface area contributed by atoms with Gasteiger partial charge in [0, 0.05) is 20.6 Å². The Balaban J connectivity index is 4.23. The van der Waals surface area contributed by atoms with Gasteiger partial charge in [-0.15, -0.1) is 0 Å². The molecule has 0 amide bonds. The molecule has 0 aliphatic carbocycles. The number of hydrogen-bond acceptors (Lipinski definition) is 2. The number of rotatable bonds is 6. The van der Waals surface area contributed by atoms with Gasteiger partial charge in [0.1, 0.15) is 0 Å². The highest BCUT2D eigenvalue weighted by molar-refractivity contribution is 14.1. The summed E-state index contributed by atoms with van der Waals surface area (Å²) >= 11 is 2.18. The summed E-state index contributed by atoms with van der Waals surface area (Å²) in [7, 11) is 3.26. The van der Waals surface area contributed by atoms with Gasteiger partial charge in [-0.1, -0.05) is 47.4 Å². The van der Waals surface area contributed by atoms with E-state index >= 15 is 0 Å². The summed E-state index contributed by atoms with van der Waals surface area (Å²) in [5, 5.41) is 0. The van der Waals surface area contributed by atoms with Crippen LogP contribution < -0.4 is 0 Å². The van der Waals surface area contributed by atoms with Gasteiger partial charge in [0.15, 0.2) is 6.29 Å². The minimum atomic E-state index is -0.182. The third-order valence-electron chi connectivity index (χ3n) is 1.54. The molecule has 0 aromatic rings. The number of halogens is 1. The van der Waals surface area contributed by atoms with Crippen LogP contribution in [0.1, 0.15) is 6.42 Å². The minimum absolute atomic E-state index is 0.182. The summed E-state index contributed by atoms with van der Waals surface area (Å²) in [6.07, 6.45) is 6.26. The SMILES string of the molecule is C=C/C=C(\C=C/I)CC(OC)OC. The van der Waals surface area contributed by atoms with Crippen molar-refractivity contribution in [1.82, 2.24) is 0 Å². The van der Waals surface area contributed by atoms with Gasteiger partial charge >= 0.3 is 0 Å². The van der Waals surface area contributed by atoms with Crippen LogP contribution in [-0.4, -0.2) is 20.5 Å². The van der Waals surface area contributed by atoms with E-state index in [0.717, 1.165) is 12.0 Å². The van der Waals surface area contributed by atoms with Crippen molar-refractivity contribution in [3.63, 3.8) is 0 Å². The highest BCUT2D eigenvalue weighted by atomic mass is 127. The summed E-state index contributed by atoms with van der Waals surface area (Å²) in [6.45, 7) is 3.65. The highest BCUT2D eigenvalue weighted by Crippen LogP contribution is 2.11. The van der Waals surface area contributed by atoms with E-state index in [1.54, 1.807) is 20.3 Å². The smallest absolute Gasteiger partial charge is 0.160 e. The molecule has 0 spiro atoms. The van der Waals surface area contributed by atoms with Gasteiger partial charge in [-0.05, 0) is 9.66 Å². The second-order valence-electron chi connectivity index (χ2n) is 2.38. The Bertz CT molecular complexity index is 193. The average Bonchev–Trinajstić information content (AvgIpc) is 2.14. The number of methoxy groups -OCH3 is 2. The maximum absolute atomic E-state index is 5.09. The van der Waals surface area contributed by atoms with Gasteiger partial charge in [-0.3, -0.25) is 0 Å². The summed E-state index contributed by atoms with van der Waals surface area (Å²) in [5.74, 6) is 0. The van der Waals surface area contributed by atoms with Crippen molar-refractivity contribution in [2.75, 3.05) is 14.2 Å². The Hall–Kier alpha value is -0.130. The van der Waals surface area contributed by atoms with Gasteiger partial charge in [0.2, 0.25) is 0 Å². The minimum Gasteiger partial charge on any atom is -0.356 e. The van der Waals surface area contributed by atoms with Crippen LogP contribution in [0.4, 0.5) is 0 Å². The van der Waals surface area contributed by atoms with E-state index in [4.69, 9.17) is 9.47 Å². The lowest BCUT2D eigenvalue weighted by Gasteiger charge is -2.13. The molecule has 0 N–H and O–H groups in total. The highest BCUT2D eigenvalue weighted by Gasteiger charge is 2.05. The summed E-state index contributed by atoms with van der Waals surface area (Å²) in [5.41, 5.74) is 1.14. The normalized spacial score (nSPS) is 12.8. The number of allylic oxidation sites excluding steroid dienone is 3. The lowest BCUT2D eigenvalue weighted by molar-refractivity contribution is -0.0997. The monoisotopic (exact) mass is 294 g/mol. The largest absolute Gasteiger partial charge is 0.356 e. The predicted molar refractivity (Wildman–Crippen MR) is 63.9 cm³/mol. The Kier molecular flexibility index (Phi) is 8.38. The van der Waals surface area contributed by atoms with Gasteiger partial charge in [-0.25, -0.2) is 0 Å². The molecular weight excluding hydrogens is 279 g/mol. The van der Waals surface area contributed by atoms with E-state index < -0.39 is 0 Å². The summed E-state index contributed by atoms with van der Waals surface area (Å²) < 4.78 is 12.1. The second-order valence-corrected chi connectivity index (χ2v) is 3.09.